The Morgan fingerprint density at radius 2 is 2.20 bits per heavy atom. The van der Waals surface area contributed by atoms with Gasteiger partial charge in [-0.1, -0.05) is 18.2 Å². The average Bonchev–Trinajstić information content (AvgIpc) is 2.47. The number of nitrogens with zero attached hydrogens (tertiary/aromatic N) is 2. The number of hydrogen-bond acceptors (Lipinski definition) is 4. The SMILES string of the molecule is Cc1nccc(C(=O)CC2CCOc3ccccc32)n1. The van der Waals surface area contributed by atoms with Crippen LogP contribution in [0.25, 0.3) is 0 Å². The molecule has 0 aliphatic carbocycles. The van der Waals surface area contributed by atoms with Gasteiger partial charge in [0.25, 0.3) is 0 Å². The highest BCUT2D eigenvalue weighted by atomic mass is 16.5. The lowest BCUT2D eigenvalue weighted by molar-refractivity contribution is 0.0960. The molecule has 2 aromatic rings. The summed E-state index contributed by atoms with van der Waals surface area (Å²) >= 11 is 0. The predicted octanol–water partition coefficient (Wildman–Crippen LogP) is 2.92. The number of carbonyl (C=O) groups excluding carboxylic acids is 1. The monoisotopic (exact) mass is 268 g/mol. The maximum atomic E-state index is 12.3. The number of carbonyl (C=O) groups is 1. The maximum absolute atomic E-state index is 12.3. The quantitative estimate of drug-likeness (QED) is 0.803. The van der Waals surface area contributed by atoms with Gasteiger partial charge in [0.15, 0.2) is 5.78 Å². The summed E-state index contributed by atoms with van der Waals surface area (Å²) in [6.07, 6.45) is 2.97. The molecule has 0 spiro atoms. The molecular weight excluding hydrogens is 252 g/mol. The topological polar surface area (TPSA) is 52.1 Å². The standard InChI is InChI=1S/C16H16N2O2/c1-11-17-8-6-14(18-11)15(19)10-12-7-9-20-16-5-3-2-4-13(12)16/h2-6,8,12H,7,9-10H2,1H3. The number of fused-ring (bicyclic) bond motifs is 1. The molecule has 0 N–H and O–H groups in total. The summed E-state index contributed by atoms with van der Waals surface area (Å²) in [6.45, 7) is 2.46. The number of aryl methyl sites for hydroxylation is 1. The fraction of sp³-hybridized carbons (Fsp3) is 0.312. The number of ether oxygens (including phenoxy) is 1. The fourth-order valence-corrected chi connectivity index (χ4v) is 2.57. The first-order chi connectivity index (χ1) is 9.74. The smallest absolute Gasteiger partial charge is 0.181 e. The van der Waals surface area contributed by atoms with Crippen LogP contribution < -0.4 is 4.74 Å². The highest BCUT2D eigenvalue weighted by Gasteiger charge is 2.24. The number of ketones is 1. The van der Waals surface area contributed by atoms with Crippen LogP contribution in [0.4, 0.5) is 0 Å². The second-order valence-corrected chi connectivity index (χ2v) is 4.99. The first-order valence-corrected chi connectivity index (χ1v) is 6.78. The molecule has 1 atom stereocenters. The maximum Gasteiger partial charge on any atom is 0.181 e. The van der Waals surface area contributed by atoms with Crippen molar-refractivity contribution in [2.75, 3.05) is 6.61 Å². The zero-order valence-electron chi connectivity index (χ0n) is 11.4. The summed E-state index contributed by atoms with van der Waals surface area (Å²) in [4.78, 5) is 20.6. The summed E-state index contributed by atoms with van der Waals surface area (Å²) in [5.74, 6) is 1.80. The Kier molecular flexibility index (Phi) is 3.46. The first kappa shape index (κ1) is 12.8. The third-order valence-electron chi connectivity index (χ3n) is 3.58. The summed E-state index contributed by atoms with van der Waals surface area (Å²) in [5, 5.41) is 0. The van der Waals surface area contributed by atoms with Gasteiger partial charge in [0, 0.05) is 12.6 Å². The van der Waals surface area contributed by atoms with Gasteiger partial charge in [-0.05, 0) is 37.0 Å². The largest absolute Gasteiger partial charge is 0.493 e. The third kappa shape index (κ3) is 2.54. The van der Waals surface area contributed by atoms with Crippen molar-refractivity contribution < 1.29 is 9.53 Å². The molecule has 0 bridgehead atoms. The normalized spacial score (nSPS) is 17.1. The number of rotatable bonds is 3. The van der Waals surface area contributed by atoms with E-state index in [1.54, 1.807) is 19.2 Å². The predicted molar refractivity (Wildman–Crippen MR) is 75.0 cm³/mol. The van der Waals surface area contributed by atoms with E-state index in [0.717, 1.165) is 17.7 Å². The minimum absolute atomic E-state index is 0.0669. The molecule has 1 unspecified atom stereocenters. The van der Waals surface area contributed by atoms with Crippen molar-refractivity contribution >= 4 is 5.78 Å². The van der Waals surface area contributed by atoms with Crippen molar-refractivity contribution in [1.82, 2.24) is 9.97 Å². The second-order valence-electron chi connectivity index (χ2n) is 4.99. The van der Waals surface area contributed by atoms with Crippen LogP contribution in [0.3, 0.4) is 0 Å². The summed E-state index contributed by atoms with van der Waals surface area (Å²) < 4.78 is 5.62. The fourth-order valence-electron chi connectivity index (χ4n) is 2.57. The van der Waals surface area contributed by atoms with Crippen LogP contribution in [-0.2, 0) is 0 Å². The molecule has 1 aromatic carbocycles. The first-order valence-electron chi connectivity index (χ1n) is 6.78. The molecule has 3 rings (SSSR count). The number of benzene rings is 1. The number of aromatic nitrogens is 2. The highest BCUT2D eigenvalue weighted by molar-refractivity contribution is 5.94. The van der Waals surface area contributed by atoms with Crippen molar-refractivity contribution in [2.45, 2.75) is 25.7 Å². The van der Waals surface area contributed by atoms with Crippen molar-refractivity contribution in [3.8, 4) is 5.75 Å². The van der Waals surface area contributed by atoms with Crippen molar-refractivity contribution in [3.63, 3.8) is 0 Å². The highest BCUT2D eigenvalue weighted by Crippen LogP contribution is 2.35. The van der Waals surface area contributed by atoms with Crippen LogP contribution >= 0.6 is 0 Å². The van der Waals surface area contributed by atoms with E-state index in [1.165, 1.54) is 0 Å². The lowest BCUT2D eigenvalue weighted by atomic mass is 9.88. The van der Waals surface area contributed by atoms with E-state index in [2.05, 4.69) is 9.97 Å². The van der Waals surface area contributed by atoms with Crippen LogP contribution in [0.1, 0.15) is 40.6 Å². The van der Waals surface area contributed by atoms with E-state index in [9.17, 15) is 4.79 Å². The van der Waals surface area contributed by atoms with Gasteiger partial charge >= 0.3 is 0 Å². The molecule has 1 aliphatic heterocycles. The van der Waals surface area contributed by atoms with E-state index in [0.29, 0.717) is 24.5 Å². The minimum atomic E-state index is 0.0669. The van der Waals surface area contributed by atoms with Crippen molar-refractivity contribution in [1.29, 1.82) is 0 Å². The Morgan fingerprint density at radius 3 is 3.05 bits per heavy atom. The van der Waals surface area contributed by atoms with Gasteiger partial charge in [-0.2, -0.15) is 0 Å². The molecule has 0 radical (unpaired) electrons. The molecule has 1 aromatic heterocycles. The molecule has 2 heterocycles. The zero-order chi connectivity index (χ0) is 13.9. The van der Waals surface area contributed by atoms with Gasteiger partial charge in [-0.15, -0.1) is 0 Å². The molecule has 4 nitrogen and oxygen atoms in total. The Hall–Kier alpha value is -2.23. The lowest BCUT2D eigenvalue weighted by Crippen LogP contribution is -2.17. The molecule has 4 heteroatoms. The van der Waals surface area contributed by atoms with Gasteiger partial charge in [0.2, 0.25) is 0 Å². The molecular formula is C16H16N2O2. The van der Waals surface area contributed by atoms with E-state index < -0.39 is 0 Å². The van der Waals surface area contributed by atoms with E-state index >= 15 is 0 Å². The third-order valence-corrected chi connectivity index (χ3v) is 3.58. The molecule has 1 aliphatic rings. The van der Waals surface area contributed by atoms with Gasteiger partial charge in [-0.25, -0.2) is 9.97 Å². The summed E-state index contributed by atoms with van der Waals surface area (Å²) in [7, 11) is 0. The minimum Gasteiger partial charge on any atom is -0.493 e. The van der Waals surface area contributed by atoms with Crippen molar-refractivity contribution in [2.24, 2.45) is 0 Å². The molecule has 0 saturated carbocycles. The van der Waals surface area contributed by atoms with Gasteiger partial charge in [0.05, 0.1) is 6.61 Å². The Morgan fingerprint density at radius 1 is 1.35 bits per heavy atom. The van der Waals surface area contributed by atoms with E-state index in [1.807, 2.05) is 24.3 Å². The van der Waals surface area contributed by atoms with Gasteiger partial charge < -0.3 is 4.74 Å². The number of para-hydroxylation sites is 1. The number of Topliss-reactive ketones (excluding diaryl/α,β-unsaturated/α-hetero) is 1. The Balaban J connectivity index is 1.81. The van der Waals surface area contributed by atoms with Crippen LogP contribution in [0, 0.1) is 6.92 Å². The molecule has 20 heavy (non-hydrogen) atoms. The molecule has 0 fully saturated rings. The molecule has 0 amide bonds. The Labute approximate surface area is 117 Å². The number of hydrogen-bond donors (Lipinski definition) is 0. The molecule has 0 saturated heterocycles. The van der Waals surface area contributed by atoms with E-state index in [-0.39, 0.29) is 11.7 Å². The molecule has 102 valence electrons. The lowest BCUT2D eigenvalue weighted by Gasteiger charge is -2.25. The van der Waals surface area contributed by atoms with Crippen LogP contribution in [0.5, 0.6) is 5.75 Å². The second kappa shape index (κ2) is 5.41. The Bertz CT molecular complexity index is 640. The van der Waals surface area contributed by atoms with Crippen LogP contribution in [0.15, 0.2) is 36.5 Å². The van der Waals surface area contributed by atoms with Crippen LogP contribution in [0.2, 0.25) is 0 Å². The van der Waals surface area contributed by atoms with E-state index in [4.69, 9.17) is 4.74 Å². The van der Waals surface area contributed by atoms with Gasteiger partial charge in [-0.3, -0.25) is 4.79 Å². The average molecular weight is 268 g/mol. The van der Waals surface area contributed by atoms with Crippen molar-refractivity contribution in [3.05, 3.63) is 53.6 Å². The zero-order valence-corrected chi connectivity index (χ0v) is 11.4. The van der Waals surface area contributed by atoms with Gasteiger partial charge in [0.1, 0.15) is 17.3 Å². The van der Waals surface area contributed by atoms with Crippen LogP contribution in [-0.4, -0.2) is 22.4 Å². The summed E-state index contributed by atoms with van der Waals surface area (Å²) in [6, 6.07) is 9.62. The summed E-state index contributed by atoms with van der Waals surface area (Å²) in [5.41, 5.74) is 1.62.